The lowest BCUT2D eigenvalue weighted by atomic mass is 10.1. The van der Waals surface area contributed by atoms with Crippen LogP contribution in [-0.2, 0) is 10.1 Å². The average Bonchev–Trinajstić information content (AvgIpc) is 2.80. The van der Waals surface area contributed by atoms with Crippen LogP contribution in [0.4, 0.5) is 0 Å². The molecule has 0 aromatic rings. The van der Waals surface area contributed by atoms with Crippen molar-refractivity contribution in [3.05, 3.63) is 12.4 Å². The molecule has 0 atom stereocenters. The fourth-order valence-electron chi connectivity index (χ4n) is 2.35. The highest BCUT2D eigenvalue weighted by molar-refractivity contribution is 7.85. The van der Waals surface area contributed by atoms with E-state index in [9.17, 15) is 8.42 Å². The van der Waals surface area contributed by atoms with E-state index in [1.54, 1.807) is 0 Å². The molecule has 20 heavy (non-hydrogen) atoms. The number of hydrogen-bond acceptors (Lipinski definition) is 4. The van der Waals surface area contributed by atoms with Crippen LogP contribution in [0.3, 0.4) is 0 Å². The molecule has 0 aromatic carbocycles. The van der Waals surface area contributed by atoms with Gasteiger partial charge in [0.25, 0.3) is 10.1 Å². The van der Waals surface area contributed by atoms with Gasteiger partial charge in [-0.1, -0.05) is 39.0 Å². The van der Waals surface area contributed by atoms with E-state index in [2.05, 4.69) is 22.9 Å². The van der Waals surface area contributed by atoms with E-state index in [1.807, 2.05) is 6.20 Å². The molecule has 6 heteroatoms. The Labute approximate surface area is 123 Å². The zero-order valence-electron chi connectivity index (χ0n) is 12.5. The first-order valence-corrected chi connectivity index (χ1v) is 9.24. The minimum atomic E-state index is -3.82. The van der Waals surface area contributed by atoms with E-state index in [1.165, 1.54) is 38.5 Å². The summed E-state index contributed by atoms with van der Waals surface area (Å²) in [6.45, 7) is 4.80. The maximum Gasteiger partial charge on any atom is 0.264 e. The van der Waals surface area contributed by atoms with Crippen LogP contribution in [0.5, 0.6) is 0 Å². The van der Waals surface area contributed by atoms with E-state index < -0.39 is 10.1 Å². The molecule has 0 aliphatic carbocycles. The lowest BCUT2D eigenvalue weighted by Gasteiger charge is -2.21. The minimum Gasteiger partial charge on any atom is -0.359 e. The molecule has 1 N–H and O–H groups in total. The second kappa shape index (κ2) is 9.23. The van der Waals surface area contributed by atoms with Gasteiger partial charge in [-0.3, -0.25) is 4.55 Å². The van der Waals surface area contributed by atoms with Gasteiger partial charge >= 0.3 is 0 Å². The van der Waals surface area contributed by atoms with Crippen molar-refractivity contribution in [1.82, 2.24) is 9.80 Å². The van der Waals surface area contributed by atoms with Crippen molar-refractivity contribution in [3.8, 4) is 0 Å². The summed E-state index contributed by atoms with van der Waals surface area (Å²) in [6, 6.07) is 0. The standard InChI is InChI=1S/C14H28N2O3S/c1-2-3-4-5-6-7-9-15-11-12-16(14-15)10-8-13-20(17,18)19/h11-12H,2-10,13-14H2,1H3,(H,17,18,19). The van der Waals surface area contributed by atoms with E-state index >= 15 is 0 Å². The molecule has 1 heterocycles. The van der Waals surface area contributed by atoms with Crippen LogP contribution in [0.25, 0.3) is 0 Å². The molecule has 0 radical (unpaired) electrons. The first kappa shape index (κ1) is 17.3. The molecule has 5 nitrogen and oxygen atoms in total. The number of hydrogen-bond donors (Lipinski definition) is 1. The molecule has 0 aromatic heterocycles. The highest BCUT2D eigenvalue weighted by atomic mass is 32.2. The van der Waals surface area contributed by atoms with Crippen molar-refractivity contribution in [1.29, 1.82) is 0 Å². The predicted molar refractivity (Wildman–Crippen MR) is 81.8 cm³/mol. The molecule has 1 aliphatic rings. The Bertz CT molecular complexity index is 382. The van der Waals surface area contributed by atoms with Gasteiger partial charge in [0, 0.05) is 25.5 Å². The van der Waals surface area contributed by atoms with Crippen molar-refractivity contribution in [3.63, 3.8) is 0 Å². The monoisotopic (exact) mass is 304 g/mol. The van der Waals surface area contributed by atoms with E-state index in [0.717, 1.165) is 13.2 Å². The average molecular weight is 304 g/mol. The van der Waals surface area contributed by atoms with Gasteiger partial charge in [0.15, 0.2) is 0 Å². The molecule has 0 saturated carbocycles. The Balaban J connectivity index is 2.02. The maximum atomic E-state index is 10.6. The zero-order valence-corrected chi connectivity index (χ0v) is 13.3. The van der Waals surface area contributed by atoms with Gasteiger partial charge in [-0.15, -0.1) is 0 Å². The van der Waals surface area contributed by atoms with Gasteiger partial charge in [-0.05, 0) is 12.8 Å². The van der Waals surface area contributed by atoms with Gasteiger partial charge in [0.05, 0.1) is 12.4 Å². The summed E-state index contributed by atoms with van der Waals surface area (Å²) in [6.07, 6.45) is 12.3. The summed E-state index contributed by atoms with van der Waals surface area (Å²) < 4.78 is 29.9. The Kier molecular flexibility index (Phi) is 7.99. The van der Waals surface area contributed by atoms with Crippen molar-refractivity contribution >= 4 is 10.1 Å². The van der Waals surface area contributed by atoms with E-state index in [4.69, 9.17) is 4.55 Å². The molecular weight excluding hydrogens is 276 g/mol. The van der Waals surface area contributed by atoms with E-state index in [-0.39, 0.29) is 5.75 Å². The normalized spacial score (nSPS) is 15.3. The Morgan fingerprint density at radius 2 is 1.50 bits per heavy atom. The van der Waals surface area contributed by atoms with Crippen molar-refractivity contribution in [2.45, 2.75) is 51.9 Å². The summed E-state index contributed by atoms with van der Waals surface area (Å²) in [5.74, 6) is -0.158. The van der Waals surface area contributed by atoms with Crippen LogP contribution in [-0.4, -0.2) is 48.3 Å². The predicted octanol–water partition coefficient (Wildman–Crippen LogP) is 2.67. The fraction of sp³-hybridized carbons (Fsp3) is 0.857. The number of rotatable bonds is 11. The molecule has 1 aliphatic heterocycles. The lowest BCUT2D eigenvalue weighted by Crippen LogP contribution is -2.27. The first-order valence-electron chi connectivity index (χ1n) is 7.63. The van der Waals surface area contributed by atoms with Gasteiger partial charge in [0.1, 0.15) is 0 Å². The Hall–Kier alpha value is -0.750. The van der Waals surface area contributed by atoms with Crippen LogP contribution in [0.2, 0.25) is 0 Å². The van der Waals surface area contributed by atoms with Gasteiger partial charge in [-0.2, -0.15) is 8.42 Å². The molecule has 0 amide bonds. The number of unbranched alkanes of at least 4 members (excludes halogenated alkanes) is 5. The molecular formula is C14H28N2O3S. The second-order valence-corrected chi connectivity index (χ2v) is 7.04. The first-order chi connectivity index (χ1) is 9.51. The number of nitrogens with zero attached hydrogens (tertiary/aromatic N) is 2. The van der Waals surface area contributed by atoms with Gasteiger partial charge in [0.2, 0.25) is 0 Å². The largest absolute Gasteiger partial charge is 0.359 e. The van der Waals surface area contributed by atoms with E-state index in [0.29, 0.717) is 13.0 Å². The van der Waals surface area contributed by atoms with Crippen molar-refractivity contribution in [2.75, 3.05) is 25.5 Å². The molecule has 1 rings (SSSR count). The maximum absolute atomic E-state index is 10.6. The van der Waals surface area contributed by atoms with Crippen molar-refractivity contribution < 1.29 is 13.0 Å². The SMILES string of the molecule is CCCCCCCCN1C=CN(CCCS(=O)(=O)O)C1. The third-order valence-electron chi connectivity index (χ3n) is 3.50. The fourth-order valence-corrected chi connectivity index (χ4v) is 2.85. The summed E-state index contributed by atoms with van der Waals surface area (Å²) in [5, 5.41) is 0. The van der Waals surface area contributed by atoms with Gasteiger partial charge < -0.3 is 9.80 Å². The summed E-state index contributed by atoms with van der Waals surface area (Å²) in [7, 11) is -3.82. The third-order valence-corrected chi connectivity index (χ3v) is 4.30. The quantitative estimate of drug-likeness (QED) is 0.470. The van der Waals surface area contributed by atoms with Crippen LogP contribution < -0.4 is 0 Å². The van der Waals surface area contributed by atoms with Crippen molar-refractivity contribution in [2.24, 2.45) is 0 Å². The summed E-state index contributed by atoms with van der Waals surface area (Å²) in [5.41, 5.74) is 0. The highest BCUT2D eigenvalue weighted by Gasteiger charge is 2.12. The minimum absolute atomic E-state index is 0.158. The van der Waals surface area contributed by atoms with Crippen LogP contribution in [0, 0.1) is 0 Å². The molecule has 0 bridgehead atoms. The lowest BCUT2D eigenvalue weighted by molar-refractivity contribution is 0.261. The Morgan fingerprint density at radius 3 is 2.10 bits per heavy atom. The highest BCUT2D eigenvalue weighted by Crippen LogP contribution is 2.11. The second-order valence-electron chi connectivity index (χ2n) is 5.47. The summed E-state index contributed by atoms with van der Waals surface area (Å²) >= 11 is 0. The van der Waals surface area contributed by atoms with Crippen LogP contribution in [0.1, 0.15) is 51.9 Å². The third kappa shape index (κ3) is 8.43. The Morgan fingerprint density at radius 1 is 0.950 bits per heavy atom. The summed E-state index contributed by atoms with van der Waals surface area (Å²) in [4.78, 5) is 4.34. The van der Waals surface area contributed by atoms with Crippen LogP contribution >= 0.6 is 0 Å². The zero-order chi connectivity index (χ0) is 14.8. The molecule has 0 spiro atoms. The molecule has 118 valence electrons. The van der Waals surface area contributed by atoms with Crippen LogP contribution in [0.15, 0.2) is 12.4 Å². The topological polar surface area (TPSA) is 60.9 Å². The molecule has 0 saturated heterocycles. The van der Waals surface area contributed by atoms with Gasteiger partial charge in [-0.25, -0.2) is 0 Å². The molecule has 0 unspecified atom stereocenters. The molecule has 0 fully saturated rings. The smallest absolute Gasteiger partial charge is 0.264 e.